The molecule has 0 saturated carbocycles. The van der Waals surface area contributed by atoms with Gasteiger partial charge in [-0.2, -0.15) is 5.26 Å². The maximum atomic E-state index is 12.2. The molecule has 24 heavy (non-hydrogen) atoms. The van der Waals surface area contributed by atoms with Crippen molar-refractivity contribution in [2.75, 3.05) is 19.5 Å². The highest BCUT2D eigenvalue weighted by molar-refractivity contribution is 8.22. The molecule has 0 aromatic heterocycles. The van der Waals surface area contributed by atoms with Gasteiger partial charge in [0, 0.05) is 0 Å². The maximum absolute atomic E-state index is 12.2. The van der Waals surface area contributed by atoms with Crippen LogP contribution in [0.5, 0.6) is 5.75 Å². The number of hydrogen-bond acceptors (Lipinski definition) is 7. The molecule has 0 aliphatic carbocycles. The molecular formula is C16H16N2O4S2. The van der Waals surface area contributed by atoms with E-state index in [0.717, 1.165) is 23.1 Å². The van der Waals surface area contributed by atoms with Gasteiger partial charge in [-0.25, -0.2) is 0 Å². The van der Waals surface area contributed by atoms with Crippen molar-refractivity contribution in [3.8, 4) is 11.8 Å². The Kier molecular flexibility index (Phi) is 6.58. The van der Waals surface area contributed by atoms with Gasteiger partial charge in [-0.15, -0.1) is 11.8 Å². The molecule has 1 aromatic rings. The van der Waals surface area contributed by atoms with E-state index in [0.29, 0.717) is 10.8 Å². The van der Waals surface area contributed by atoms with Crippen molar-refractivity contribution >= 4 is 35.4 Å². The molecule has 0 bridgehead atoms. The standard InChI is InChI=1S/C16H16N2O4S2/c1-3-22-13(19)9-23-16-12(8-17)14(20)18-15(24-16)10-4-6-11(21-2)7-5-10/h4-7,15H,3,9H2,1-2H3,(H,18,20)/t15-/m1/s1. The minimum Gasteiger partial charge on any atom is -0.497 e. The van der Waals surface area contributed by atoms with Gasteiger partial charge >= 0.3 is 5.97 Å². The molecule has 6 nitrogen and oxygen atoms in total. The Bertz CT molecular complexity index is 695. The van der Waals surface area contributed by atoms with Crippen LogP contribution in [-0.4, -0.2) is 31.3 Å². The van der Waals surface area contributed by atoms with Crippen LogP contribution in [0.4, 0.5) is 0 Å². The number of nitriles is 1. The number of amides is 1. The summed E-state index contributed by atoms with van der Waals surface area (Å²) in [6.07, 6.45) is 0. The number of carbonyl (C=O) groups excluding carboxylic acids is 2. The molecule has 126 valence electrons. The van der Waals surface area contributed by atoms with Crippen LogP contribution in [0.3, 0.4) is 0 Å². The second-order valence-corrected chi connectivity index (χ2v) is 6.97. The maximum Gasteiger partial charge on any atom is 0.316 e. The van der Waals surface area contributed by atoms with Crippen LogP contribution in [0.1, 0.15) is 17.9 Å². The molecule has 1 aliphatic rings. The number of benzene rings is 1. The number of carbonyl (C=O) groups is 2. The first-order valence-corrected chi connectivity index (χ1v) is 8.99. The largest absolute Gasteiger partial charge is 0.497 e. The lowest BCUT2D eigenvalue weighted by molar-refractivity contribution is -0.139. The molecule has 0 saturated heterocycles. The summed E-state index contributed by atoms with van der Waals surface area (Å²) in [7, 11) is 1.58. The van der Waals surface area contributed by atoms with E-state index >= 15 is 0 Å². The van der Waals surface area contributed by atoms with Gasteiger partial charge in [0.15, 0.2) is 0 Å². The molecule has 1 atom stereocenters. The molecule has 1 amide bonds. The third-order valence-corrected chi connectivity index (χ3v) is 5.61. The Labute approximate surface area is 148 Å². The van der Waals surface area contributed by atoms with Crippen LogP contribution in [-0.2, 0) is 14.3 Å². The van der Waals surface area contributed by atoms with Gasteiger partial charge in [0.25, 0.3) is 5.91 Å². The summed E-state index contributed by atoms with van der Waals surface area (Å²) in [6, 6.07) is 9.21. The van der Waals surface area contributed by atoms with Crippen LogP contribution in [0.25, 0.3) is 0 Å². The quantitative estimate of drug-likeness (QED) is 0.776. The Morgan fingerprint density at radius 3 is 2.71 bits per heavy atom. The molecule has 0 fully saturated rings. The normalized spacial score (nSPS) is 17.0. The summed E-state index contributed by atoms with van der Waals surface area (Å²) in [4.78, 5) is 23.7. The molecule has 1 heterocycles. The molecule has 1 aromatic carbocycles. The van der Waals surface area contributed by atoms with E-state index in [1.54, 1.807) is 26.2 Å². The van der Waals surface area contributed by atoms with Crippen LogP contribution >= 0.6 is 23.5 Å². The SMILES string of the molecule is CCOC(=O)CSC1=C(C#N)C(=O)N[C@@H](c2ccc(OC)cc2)S1. The van der Waals surface area contributed by atoms with E-state index in [-0.39, 0.29) is 22.7 Å². The number of esters is 1. The van der Waals surface area contributed by atoms with Gasteiger partial charge < -0.3 is 14.8 Å². The number of methoxy groups -OCH3 is 1. The smallest absolute Gasteiger partial charge is 0.316 e. The summed E-state index contributed by atoms with van der Waals surface area (Å²) in [6.45, 7) is 2.02. The van der Waals surface area contributed by atoms with Crippen molar-refractivity contribution in [1.29, 1.82) is 5.26 Å². The molecule has 0 unspecified atom stereocenters. The van der Waals surface area contributed by atoms with E-state index in [2.05, 4.69) is 5.32 Å². The minimum absolute atomic E-state index is 0.0269. The predicted molar refractivity (Wildman–Crippen MR) is 93.2 cm³/mol. The zero-order chi connectivity index (χ0) is 17.5. The van der Waals surface area contributed by atoms with Gasteiger partial charge in [0.05, 0.1) is 23.7 Å². The fraction of sp³-hybridized carbons (Fsp3) is 0.312. The lowest BCUT2D eigenvalue weighted by Crippen LogP contribution is -2.31. The summed E-state index contributed by atoms with van der Waals surface area (Å²) in [5, 5.41) is 11.7. The fourth-order valence-electron chi connectivity index (χ4n) is 1.94. The average molecular weight is 364 g/mol. The van der Waals surface area contributed by atoms with Gasteiger partial charge in [-0.05, 0) is 24.6 Å². The average Bonchev–Trinajstić information content (AvgIpc) is 2.60. The highest BCUT2D eigenvalue weighted by atomic mass is 32.2. The van der Waals surface area contributed by atoms with Gasteiger partial charge in [0.1, 0.15) is 22.8 Å². The second kappa shape index (κ2) is 8.66. The Balaban J connectivity index is 2.16. The van der Waals surface area contributed by atoms with Crippen LogP contribution < -0.4 is 10.1 Å². The van der Waals surface area contributed by atoms with Crippen molar-refractivity contribution in [3.63, 3.8) is 0 Å². The molecule has 1 N–H and O–H groups in total. The number of nitrogens with zero attached hydrogens (tertiary/aromatic N) is 1. The monoisotopic (exact) mass is 364 g/mol. The van der Waals surface area contributed by atoms with Crippen molar-refractivity contribution < 1.29 is 19.1 Å². The Morgan fingerprint density at radius 1 is 1.42 bits per heavy atom. The molecule has 2 rings (SSSR count). The van der Waals surface area contributed by atoms with E-state index in [4.69, 9.17) is 9.47 Å². The Morgan fingerprint density at radius 2 is 2.12 bits per heavy atom. The highest BCUT2D eigenvalue weighted by Crippen LogP contribution is 2.43. The van der Waals surface area contributed by atoms with E-state index in [1.165, 1.54) is 11.8 Å². The van der Waals surface area contributed by atoms with Crippen molar-refractivity contribution in [2.24, 2.45) is 0 Å². The zero-order valence-electron chi connectivity index (χ0n) is 13.2. The number of ether oxygens (including phenoxy) is 2. The van der Waals surface area contributed by atoms with E-state index in [9.17, 15) is 14.9 Å². The third-order valence-electron chi connectivity index (χ3n) is 3.08. The topological polar surface area (TPSA) is 88.4 Å². The van der Waals surface area contributed by atoms with Crippen LogP contribution in [0.15, 0.2) is 34.1 Å². The Hall–Kier alpha value is -2.11. The van der Waals surface area contributed by atoms with Crippen molar-refractivity contribution in [2.45, 2.75) is 12.3 Å². The first kappa shape index (κ1) is 18.2. The van der Waals surface area contributed by atoms with Crippen LogP contribution in [0, 0.1) is 11.3 Å². The lowest BCUT2D eigenvalue weighted by atomic mass is 10.2. The summed E-state index contributed by atoms with van der Waals surface area (Å²) in [5.74, 6) is -0.0383. The minimum atomic E-state index is -0.441. The van der Waals surface area contributed by atoms with E-state index < -0.39 is 5.91 Å². The fourth-order valence-corrected chi connectivity index (χ4v) is 4.22. The zero-order valence-corrected chi connectivity index (χ0v) is 14.8. The first-order valence-electron chi connectivity index (χ1n) is 7.13. The van der Waals surface area contributed by atoms with E-state index in [1.807, 2.05) is 18.2 Å². The highest BCUT2D eigenvalue weighted by Gasteiger charge is 2.29. The lowest BCUT2D eigenvalue weighted by Gasteiger charge is -2.25. The first-order chi connectivity index (χ1) is 11.6. The van der Waals surface area contributed by atoms with Crippen molar-refractivity contribution in [3.05, 3.63) is 39.6 Å². The molecule has 1 aliphatic heterocycles. The summed E-state index contributed by atoms with van der Waals surface area (Å²) < 4.78 is 10.5. The number of rotatable bonds is 6. The molecule has 0 spiro atoms. The van der Waals surface area contributed by atoms with Gasteiger partial charge in [-0.3, -0.25) is 9.59 Å². The molecule has 8 heteroatoms. The second-order valence-electron chi connectivity index (χ2n) is 4.61. The van der Waals surface area contributed by atoms with Gasteiger partial charge in [0.2, 0.25) is 0 Å². The summed E-state index contributed by atoms with van der Waals surface area (Å²) in [5.41, 5.74) is 0.902. The van der Waals surface area contributed by atoms with Gasteiger partial charge in [-0.1, -0.05) is 23.9 Å². The van der Waals surface area contributed by atoms with Crippen LogP contribution in [0.2, 0.25) is 0 Å². The third kappa shape index (κ3) is 4.46. The van der Waals surface area contributed by atoms with Crippen molar-refractivity contribution in [1.82, 2.24) is 5.32 Å². The summed E-state index contributed by atoms with van der Waals surface area (Å²) >= 11 is 2.48. The molecular weight excluding hydrogens is 348 g/mol. The predicted octanol–water partition coefficient (Wildman–Crippen LogP) is 2.59. The number of hydrogen-bond donors (Lipinski definition) is 1. The number of thioether (sulfide) groups is 2. The molecule has 0 radical (unpaired) electrons. The number of nitrogens with one attached hydrogen (secondary N) is 1.